The second-order valence-corrected chi connectivity index (χ2v) is 5.36. The summed E-state index contributed by atoms with van der Waals surface area (Å²) in [4.78, 5) is 0. The van der Waals surface area contributed by atoms with Gasteiger partial charge in [-0.05, 0) is 37.1 Å². The SMILES string of the molecule is c1cc(OCC2CO2)ccc1OCCOC1CCCC1. The van der Waals surface area contributed by atoms with Gasteiger partial charge in [0, 0.05) is 0 Å². The first-order chi connectivity index (χ1) is 9.90. The van der Waals surface area contributed by atoms with Crippen LogP contribution < -0.4 is 9.47 Å². The molecule has 0 radical (unpaired) electrons. The van der Waals surface area contributed by atoms with Crippen molar-refractivity contribution in [3.8, 4) is 11.5 Å². The molecule has 4 nitrogen and oxygen atoms in total. The highest BCUT2D eigenvalue weighted by Crippen LogP contribution is 2.21. The first-order valence-corrected chi connectivity index (χ1v) is 7.49. The molecule has 1 aromatic carbocycles. The molecular formula is C16H22O4. The molecule has 1 aliphatic carbocycles. The molecule has 110 valence electrons. The predicted octanol–water partition coefficient (Wildman–Crippen LogP) is 2.80. The largest absolute Gasteiger partial charge is 0.491 e. The van der Waals surface area contributed by atoms with Crippen LogP contribution in [-0.2, 0) is 9.47 Å². The lowest BCUT2D eigenvalue weighted by atomic mass is 10.3. The van der Waals surface area contributed by atoms with Gasteiger partial charge >= 0.3 is 0 Å². The number of benzene rings is 1. The molecule has 1 aliphatic heterocycles. The van der Waals surface area contributed by atoms with E-state index >= 15 is 0 Å². The van der Waals surface area contributed by atoms with Crippen LogP contribution in [0.1, 0.15) is 25.7 Å². The van der Waals surface area contributed by atoms with E-state index in [0.29, 0.717) is 32.0 Å². The van der Waals surface area contributed by atoms with Gasteiger partial charge in [-0.2, -0.15) is 0 Å². The van der Waals surface area contributed by atoms with E-state index in [0.717, 1.165) is 18.1 Å². The molecular weight excluding hydrogens is 256 g/mol. The molecule has 0 aromatic heterocycles. The molecule has 0 N–H and O–H groups in total. The van der Waals surface area contributed by atoms with Gasteiger partial charge in [0.15, 0.2) is 0 Å². The maximum Gasteiger partial charge on any atom is 0.119 e. The van der Waals surface area contributed by atoms with Crippen molar-refractivity contribution in [2.75, 3.05) is 26.4 Å². The summed E-state index contributed by atoms with van der Waals surface area (Å²) in [5.74, 6) is 1.71. The Labute approximate surface area is 120 Å². The molecule has 0 bridgehead atoms. The lowest BCUT2D eigenvalue weighted by molar-refractivity contribution is 0.0382. The Morgan fingerprint density at radius 3 is 2.25 bits per heavy atom. The van der Waals surface area contributed by atoms with Crippen LogP contribution in [0, 0.1) is 0 Å². The Kier molecular flexibility index (Phi) is 4.77. The summed E-state index contributed by atoms with van der Waals surface area (Å²) >= 11 is 0. The van der Waals surface area contributed by atoms with Crippen molar-refractivity contribution >= 4 is 0 Å². The summed E-state index contributed by atoms with van der Waals surface area (Å²) in [6.07, 6.45) is 5.77. The lowest BCUT2D eigenvalue weighted by Crippen LogP contribution is -2.13. The zero-order valence-electron chi connectivity index (χ0n) is 11.8. The number of hydrogen-bond donors (Lipinski definition) is 0. The number of epoxide rings is 1. The lowest BCUT2D eigenvalue weighted by Gasteiger charge is -2.12. The van der Waals surface area contributed by atoms with Gasteiger partial charge in [-0.3, -0.25) is 0 Å². The predicted molar refractivity (Wildman–Crippen MR) is 75.4 cm³/mol. The van der Waals surface area contributed by atoms with Crippen molar-refractivity contribution in [2.24, 2.45) is 0 Å². The van der Waals surface area contributed by atoms with Gasteiger partial charge in [-0.1, -0.05) is 12.8 Å². The second kappa shape index (κ2) is 6.95. The molecule has 2 fully saturated rings. The van der Waals surface area contributed by atoms with E-state index in [-0.39, 0.29) is 0 Å². The van der Waals surface area contributed by atoms with E-state index in [9.17, 15) is 0 Å². The van der Waals surface area contributed by atoms with Gasteiger partial charge in [0.05, 0.1) is 19.3 Å². The molecule has 20 heavy (non-hydrogen) atoms. The van der Waals surface area contributed by atoms with E-state index in [1.54, 1.807) is 0 Å². The minimum absolute atomic E-state index is 0.290. The third kappa shape index (κ3) is 4.39. The van der Waals surface area contributed by atoms with Gasteiger partial charge in [0.2, 0.25) is 0 Å². The smallest absolute Gasteiger partial charge is 0.119 e. The van der Waals surface area contributed by atoms with Crippen LogP contribution in [0.25, 0.3) is 0 Å². The fourth-order valence-corrected chi connectivity index (χ4v) is 2.41. The fraction of sp³-hybridized carbons (Fsp3) is 0.625. The molecule has 0 spiro atoms. The number of hydrogen-bond acceptors (Lipinski definition) is 4. The fourth-order valence-electron chi connectivity index (χ4n) is 2.41. The maximum atomic E-state index is 5.76. The van der Waals surface area contributed by atoms with Crippen LogP contribution in [0.3, 0.4) is 0 Å². The van der Waals surface area contributed by atoms with Crippen molar-refractivity contribution in [3.63, 3.8) is 0 Å². The van der Waals surface area contributed by atoms with Crippen molar-refractivity contribution < 1.29 is 18.9 Å². The van der Waals surface area contributed by atoms with Crippen LogP contribution >= 0.6 is 0 Å². The minimum atomic E-state index is 0.290. The monoisotopic (exact) mass is 278 g/mol. The summed E-state index contributed by atoms with van der Waals surface area (Å²) in [6.45, 7) is 2.73. The van der Waals surface area contributed by atoms with Crippen LogP contribution in [0.2, 0.25) is 0 Å². The van der Waals surface area contributed by atoms with Crippen molar-refractivity contribution in [2.45, 2.75) is 37.9 Å². The van der Waals surface area contributed by atoms with Crippen LogP contribution in [0.4, 0.5) is 0 Å². The molecule has 1 atom stereocenters. The summed E-state index contributed by atoms with van der Waals surface area (Å²) in [7, 11) is 0. The quantitative estimate of drug-likeness (QED) is 0.541. The Hall–Kier alpha value is -1.26. The highest BCUT2D eigenvalue weighted by molar-refractivity contribution is 5.31. The van der Waals surface area contributed by atoms with E-state index in [1.165, 1.54) is 25.7 Å². The van der Waals surface area contributed by atoms with Gasteiger partial charge in [-0.15, -0.1) is 0 Å². The molecule has 1 aromatic rings. The Morgan fingerprint density at radius 1 is 0.950 bits per heavy atom. The summed E-state index contributed by atoms with van der Waals surface area (Å²) in [6, 6.07) is 7.71. The van der Waals surface area contributed by atoms with E-state index < -0.39 is 0 Å². The minimum Gasteiger partial charge on any atom is -0.491 e. The standard InChI is InChI=1S/C16H22O4/c1-2-4-13(3-1)17-9-10-18-14-5-7-15(8-6-14)19-11-16-12-20-16/h5-8,13,16H,1-4,9-12H2. The third-order valence-corrected chi connectivity index (χ3v) is 3.67. The zero-order valence-corrected chi connectivity index (χ0v) is 11.8. The normalized spacial score (nSPS) is 21.9. The molecule has 3 rings (SSSR count). The summed E-state index contributed by atoms with van der Waals surface area (Å²) in [5.41, 5.74) is 0. The Morgan fingerprint density at radius 2 is 1.60 bits per heavy atom. The highest BCUT2D eigenvalue weighted by atomic mass is 16.6. The van der Waals surface area contributed by atoms with E-state index in [4.69, 9.17) is 18.9 Å². The Bertz CT molecular complexity index is 393. The van der Waals surface area contributed by atoms with Gasteiger partial charge in [0.25, 0.3) is 0 Å². The molecule has 1 unspecified atom stereocenters. The summed E-state index contributed by atoms with van der Waals surface area (Å²) < 4.78 is 22.1. The number of ether oxygens (including phenoxy) is 4. The summed E-state index contributed by atoms with van der Waals surface area (Å²) in [5, 5.41) is 0. The molecule has 1 heterocycles. The molecule has 4 heteroatoms. The van der Waals surface area contributed by atoms with Crippen molar-refractivity contribution in [1.29, 1.82) is 0 Å². The average Bonchev–Trinajstić information content (AvgIpc) is 3.17. The first kappa shape index (κ1) is 13.7. The van der Waals surface area contributed by atoms with E-state index in [2.05, 4.69) is 0 Å². The maximum absolute atomic E-state index is 5.76. The topological polar surface area (TPSA) is 40.2 Å². The van der Waals surface area contributed by atoms with Crippen molar-refractivity contribution in [1.82, 2.24) is 0 Å². The van der Waals surface area contributed by atoms with E-state index in [1.807, 2.05) is 24.3 Å². The zero-order chi connectivity index (χ0) is 13.6. The molecule has 0 amide bonds. The molecule has 1 saturated heterocycles. The first-order valence-electron chi connectivity index (χ1n) is 7.49. The van der Waals surface area contributed by atoms with Crippen molar-refractivity contribution in [3.05, 3.63) is 24.3 Å². The van der Waals surface area contributed by atoms with Gasteiger partial charge < -0.3 is 18.9 Å². The Balaban J connectivity index is 1.32. The average molecular weight is 278 g/mol. The second-order valence-electron chi connectivity index (χ2n) is 5.36. The molecule has 2 aliphatic rings. The molecule has 1 saturated carbocycles. The van der Waals surface area contributed by atoms with Crippen LogP contribution in [-0.4, -0.2) is 38.6 Å². The van der Waals surface area contributed by atoms with Gasteiger partial charge in [-0.25, -0.2) is 0 Å². The number of rotatable bonds is 8. The van der Waals surface area contributed by atoms with Crippen LogP contribution in [0.5, 0.6) is 11.5 Å². The third-order valence-electron chi connectivity index (χ3n) is 3.67. The highest BCUT2D eigenvalue weighted by Gasteiger charge is 2.22. The van der Waals surface area contributed by atoms with Crippen LogP contribution in [0.15, 0.2) is 24.3 Å². The van der Waals surface area contributed by atoms with Gasteiger partial charge in [0.1, 0.15) is 30.8 Å².